The lowest BCUT2D eigenvalue weighted by Gasteiger charge is -2.29. The Kier molecular flexibility index (Phi) is 14.2. The van der Waals surface area contributed by atoms with Gasteiger partial charge in [-0.3, -0.25) is 0 Å². The normalized spacial score (nSPS) is 14.6. The van der Waals surface area contributed by atoms with Crippen molar-refractivity contribution >= 4 is 0 Å². The Morgan fingerprint density at radius 3 is 1.22 bits per heavy atom. The highest BCUT2D eigenvalue weighted by molar-refractivity contribution is 5.81. The molecule has 4 nitrogen and oxygen atoms in total. The molecule has 0 aliphatic carbocycles. The molecule has 2 aromatic rings. The number of hydrogen-bond acceptors (Lipinski definition) is 4. The third kappa shape index (κ3) is 10.6. The van der Waals surface area contributed by atoms with E-state index < -0.39 is 10.8 Å². The highest BCUT2D eigenvalue weighted by Gasteiger charge is 2.29. The Balaban J connectivity index is 2.45. The molecular weight excluding hydrogens is 568 g/mol. The van der Waals surface area contributed by atoms with E-state index in [1.807, 2.05) is 12.2 Å². The van der Waals surface area contributed by atoms with Gasteiger partial charge in [0, 0.05) is 22.0 Å². The minimum absolute atomic E-state index is 0.243. The van der Waals surface area contributed by atoms with Crippen molar-refractivity contribution < 1.29 is 20.4 Å². The summed E-state index contributed by atoms with van der Waals surface area (Å²) in [4.78, 5) is 0. The predicted molar refractivity (Wildman–Crippen MR) is 197 cm³/mol. The van der Waals surface area contributed by atoms with Crippen LogP contribution in [0.5, 0.6) is 23.0 Å². The van der Waals surface area contributed by atoms with Crippen molar-refractivity contribution in [2.75, 3.05) is 0 Å². The highest BCUT2D eigenvalue weighted by atomic mass is 16.3. The molecule has 0 amide bonds. The van der Waals surface area contributed by atoms with Crippen molar-refractivity contribution in [3.63, 3.8) is 0 Å². The van der Waals surface area contributed by atoms with Gasteiger partial charge in [0.2, 0.25) is 0 Å². The highest BCUT2D eigenvalue weighted by Crippen LogP contribution is 2.49. The van der Waals surface area contributed by atoms with E-state index in [9.17, 15) is 20.4 Å². The number of aromatic hydroxyl groups is 4. The lowest BCUT2D eigenvalue weighted by Crippen LogP contribution is -2.19. The molecular formula is C42H58O4. The van der Waals surface area contributed by atoms with Gasteiger partial charge < -0.3 is 20.4 Å². The van der Waals surface area contributed by atoms with Gasteiger partial charge in [0.25, 0.3) is 0 Å². The van der Waals surface area contributed by atoms with Crippen molar-refractivity contribution in [2.24, 2.45) is 0 Å². The molecule has 2 rings (SSSR count). The third-order valence-electron chi connectivity index (χ3n) is 9.19. The van der Waals surface area contributed by atoms with Crippen LogP contribution in [0.25, 0.3) is 11.1 Å². The first-order valence-electron chi connectivity index (χ1n) is 16.5. The van der Waals surface area contributed by atoms with E-state index in [1.54, 1.807) is 24.3 Å². The molecule has 0 aromatic heterocycles. The van der Waals surface area contributed by atoms with Crippen molar-refractivity contribution in [1.82, 2.24) is 0 Å². The average Bonchev–Trinajstić information content (AvgIpc) is 2.99. The number of phenolic OH excluding ortho intramolecular Hbond substituents is 4. The molecule has 0 heterocycles. The first-order chi connectivity index (χ1) is 21.6. The maximum atomic E-state index is 11.0. The minimum Gasteiger partial charge on any atom is -0.504 e. The maximum Gasteiger partial charge on any atom is 0.165 e. The summed E-state index contributed by atoms with van der Waals surface area (Å²) < 4.78 is 0. The van der Waals surface area contributed by atoms with E-state index in [0.29, 0.717) is 0 Å². The zero-order chi connectivity index (χ0) is 34.7. The molecule has 0 fully saturated rings. The second-order valence-corrected chi connectivity index (χ2v) is 13.8. The molecule has 2 unspecified atom stereocenters. The van der Waals surface area contributed by atoms with Crippen molar-refractivity contribution in [2.45, 2.75) is 118 Å². The molecule has 0 saturated carbocycles. The first kappa shape index (κ1) is 38.3. The van der Waals surface area contributed by atoms with Crippen LogP contribution in [-0.2, 0) is 10.8 Å². The second-order valence-electron chi connectivity index (χ2n) is 13.8. The van der Waals surface area contributed by atoms with E-state index in [1.165, 1.54) is 22.3 Å². The van der Waals surface area contributed by atoms with E-state index in [-0.39, 0.29) is 34.1 Å². The Morgan fingerprint density at radius 2 is 0.913 bits per heavy atom. The topological polar surface area (TPSA) is 80.9 Å². The van der Waals surface area contributed by atoms with Gasteiger partial charge in [-0.15, -0.1) is 13.2 Å². The lowest BCUT2D eigenvalue weighted by atomic mass is 9.76. The Labute approximate surface area is 278 Å². The Morgan fingerprint density at radius 1 is 0.565 bits per heavy atom. The number of phenols is 4. The molecule has 46 heavy (non-hydrogen) atoms. The molecule has 0 radical (unpaired) electrons. The zero-order valence-electron chi connectivity index (χ0n) is 29.6. The molecule has 2 atom stereocenters. The van der Waals surface area contributed by atoms with Crippen LogP contribution in [-0.4, -0.2) is 20.4 Å². The van der Waals surface area contributed by atoms with Crippen LogP contribution >= 0.6 is 0 Å². The monoisotopic (exact) mass is 626 g/mol. The van der Waals surface area contributed by atoms with Crippen molar-refractivity contribution in [3.05, 3.63) is 107 Å². The van der Waals surface area contributed by atoms with Crippen LogP contribution in [0.2, 0.25) is 0 Å². The van der Waals surface area contributed by atoms with Gasteiger partial charge in [-0.25, -0.2) is 0 Å². The predicted octanol–water partition coefficient (Wildman–Crippen LogP) is 12.0. The van der Waals surface area contributed by atoms with Crippen LogP contribution in [0.4, 0.5) is 0 Å². The van der Waals surface area contributed by atoms with Gasteiger partial charge >= 0.3 is 0 Å². The summed E-state index contributed by atoms with van der Waals surface area (Å²) in [5.74, 6) is -1.29. The van der Waals surface area contributed by atoms with Crippen LogP contribution in [0.3, 0.4) is 0 Å². The quantitative estimate of drug-likeness (QED) is 0.104. The number of allylic oxidation sites excluding steroid dienone is 10. The first-order valence-corrected chi connectivity index (χ1v) is 16.5. The fraction of sp³-hybridized carbons (Fsp3) is 0.429. The summed E-state index contributed by atoms with van der Waals surface area (Å²) in [6.07, 6.45) is 19.9. The van der Waals surface area contributed by atoms with Gasteiger partial charge in [0.05, 0.1) is 0 Å². The summed E-state index contributed by atoms with van der Waals surface area (Å²) in [5, 5.41) is 43.8. The molecule has 0 spiro atoms. The van der Waals surface area contributed by atoms with Crippen molar-refractivity contribution in [1.29, 1.82) is 0 Å². The molecule has 2 aromatic carbocycles. The van der Waals surface area contributed by atoms with Crippen molar-refractivity contribution in [3.8, 4) is 34.1 Å². The van der Waals surface area contributed by atoms with Gasteiger partial charge in [-0.2, -0.15) is 0 Å². The standard InChI is InChI=1S/C42H58O4/c1-11-41(9,23-15-21-31(7)19-13-17-29(3)4)33-25-35(39(45)37(43)27-33)36-26-34(28-38(44)40(36)46)42(10,12-2)24-16-22-32(8)20-14-18-30(5)6/h11-12,17-18,21-22,25-28,43-46H,1-2,13-16,19-20,23-24H2,3-10H3. The number of hydrogen-bond donors (Lipinski definition) is 4. The SMILES string of the molecule is C=CC(C)(CCC=C(C)CCC=C(C)C)c1cc(O)c(O)c(-c2cc(C(C)(C=C)CCC=C(C)CCC=C(C)C)cc(O)c2O)c1. The number of rotatable bonds is 17. The van der Waals surface area contributed by atoms with Crippen LogP contribution in [0.15, 0.2) is 96.2 Å². The van der Waals surface area contributed by atoms with Crippen LogP contribution in [0, 0.1) is 0 Å². The smallest absolute Gasteiger partial charge is 0.165 e. The lowest BCUT2D eigenvalue weighted by molar-refractivity contribution is 0.397. The molecule has 0 aliphatic heterocycles. The molecule has 0 aliphatic rings. The van der Waals surface area contributed by atoms with E-state index in [4.69, 9.17) is 0 Å². The van der Waals surface area contributed by atoms with E-state index in [0.717, 1.165) is 62.5 Å². The maximum absolute atomic E-state index is 11.0. The van der Waals surface area contributed by atoms with Crippen LogP contribution in [0.1, 0.15) is 118 Å². The van der Waals surface area contributed by atoms with Crippen LogP contribution < -0.4 is 0 Å². The molecule has 0 saturated heterocycles. The fourth-order valence-electron chi connectivity index (χ4n) is 5.65. The second kappa shape index (κ2) is 17.1. The number of benzene rings is 2. The summed E-state index contributed by atoms with van der Waals surface area (Å²) >= 11 is 0. The molecule has 4 heteroatoms. The minimum atomic E-state index is -0.517. The molecule has 250 valence electrons. The molecule has 4 N–H and O–H groups in total. The largest absolute Gasteiger partial charge is 0.504 e. The fourth-order valence-corrected chi connectivity index (χ4v) is 5.65. The zero-order valence-corrected chi connectivity index (χ0v) is 29.6. The average molecular weight is 627 g/mol. The van der Waals surface area contributed by atoms with Gasteiger partial charge in [0.15, 0.2) is 23.0 Å². The van der Waals surface area contributed by atoms with Gasteiger partial charge in [0.1, 0.15) is 0 Å². The molecule has 0 bridgehead atoms. The Hall–Kier alpha value is -3.92. The Bertz CT molecular complexity index is 1380. The van der Waals surface area contributed by atoms with Gasteiger partial charge in [-0.1, -0.05) is 72.6 Å². The van der Waals surface area contributed by atoms with Gasteiger partial charge in [-0.05, 0) is 128 Å². The van der Waals surface area contributed by atoms with E-state index >= 15 is 0 Å². The van der Waals surface area contributed by atoms with E-state index in [2.05, 4.69) is 92.9 Å². The summed E-state index contributed by atoms with van der Waals surface area (Å²) in [7, 11) is 0. The summed E-state index contributed by atoms with van der Waals surface area (Å²) in [6.45, 7) is 25.1. The summed E-state index contributed by atoms with van der Waals surface area (Å²) in [5.41, 5.74) is 6.27. The third-order valence-corrected chi connectivity index (χ3v) is 9.19. The summed E-state index contributed by atoms with van der Waals surface area (Å²) in [6, 6.07) is 6.69.